The molecule has 3 aromatic rings. The standard InChI is InChI=1S/C23H20N2O6/c1-2-29-22(27)20-17(24-23(28)25-21(20)15-6-4-3-5-7-15)13-30-16-10-8-14-9-11-19(26)31-18(14)12-16/h3-12,21H,2,13H2,1H3,(H2,24,25,28). The second-order valence-corrected chi connectivity index (χ2v) is 6.80. The molecular formula is C23H20N2O6. The van der Waals surface area contributed by atoms with E-state index >= 15 is 0 Å². The summed E-state index contributed by atoms with van der Waals surface area (Å²) in [6.45, 7) is 1.81. The van der Waals surface area contributed by atoms with Gasteiger partial charge in [0.15, 0.2) is 0 Å². The van der Waals surface area contributed by atoms with Crippen molar-refractivity contribution in [3.63, 3.8) is 0 Å². The van der Waals surface area contributed by atoms with Gasteiger partial charge in [0.05, 0.1) is 23.9 Å². The monoisotopic (exact) mass is 420 g/mol. The average molecular weight is 420 g/mol. The number of ether oxygens (including phenoxy) is 2. The van der Waals surface area contributed by atoms with E-state index in [-0.39, 0.29) is 18.8 Å². The Labute approximate surface area is 177 Å². The fourth-order valence-corrected chi connectivity index (χ4v) is 3.36. The summed E-state index contributed by atoms with van der Waals surface area (Å²) in [6, 6.07) is 16.0. The molecule has 1 aliphatic heterocycles. The molecule has 1 aromatic heterocycles. The summed E-state index contributed by atoms with van der Waals surface area (Å²) in [5.41, 5.74) is 1.21. The molecule has 0 bridgehead atoms. The SMILES string of the molecule is CCOC(=O)C1=C(COc2ccc3ccc(=O)oc3c2)NC(=O)NC1c1ccccc1. The molecule has 0 spiro atoms. The predicted molar refractivity (Wildman–Crippen MR) is 112 cm³/mol. The molecule has 2 heterocycles. The lowest BCUT2D eigenvalue weighted by atomic mass is 9.95. The molecule has 8 heteroatoms. The smallest absolute Gasteiger partial charge is 0.338 e. The highest BCUT2D eigenvalue weighted by Gasteiger charge is 2.33. The number of urea groups is 1. The minimum Gasteiger partial charge on any atom is -0.487 e. The van der Waals surface area contributed by atoms with Gasteiger partial charge in [0, 0.05) is 17.5 Å². The summed E-state index contributed by atoms with van der Waals surface area (Å²) in [6.07, 6.45) is 0. The minimum absolute atomic E-state index is 0.0898. The molecule has 1 unspecified atom stereocenters. The van der Waals surface area contributed by atoms with Gasteiger partial charge in [0.25, 0.3) is 0 Å². The molecule has 8 nitrogen and oxygen atoms in total. The van der Waals surface area contributed by atoms with Crippen LogP contribution in [0.25, 0.3) is 11.0 Å². The first-order valence-corrected chi connectivity index (χ1v) is 9.74. The lowest BCUT2D eigenvalue weighted by Crippen LogP contribution is -2.47. The normalized spacial score (nSPS) is 15.9. The molecule has 0 saturated heterocycles. The van der Waals surface area contributed by atoms with Gasteiger partial charge in [-0.1, -0.05) is 30.3 Å². The van der Waals surface area contributed by atoms with Crippen molar-refractivity contribution in [2.75, 3.05) is 13.2 Å². The molecule has 158 valence electrons. The topological polar surface area (TPSA) is 107 Å². The van der Waals surface area contributed by atoms with Crippen LogP contribution in [0.4, 0.5) is 4.79 Å². The van der Waals surface area contributed by atoms with Crippen LogP contribution in [0.2, 0.25) is 0 Å². The molecule has 0 saturated carbocycles. The summed E-state index contributed by atoms with van der Waals surface area (Å²) in [5.74, 6) is -0.131. The van der Waals surface area contributed by atoms with Crippen molar-refractivity contribution in [2.24, 2.45) is 0 Å². The fraction of sp³-hybridized carbons (Fsp3) is 0.174. The van der Waals surface area contributed by atoms with Crippen molar-refractivity contribution < 1.29 is 23.5 Å². The molecular weight excluding hydrogens is 400 g/mol. The molecule has 2 N–H and O–H groups in total. The first-order chi connectivity index (χ1) is 15.0. The maximum atomic E-state index is 12.7. The Balaban J connectivity index is 1.67. The second-order valence-electron chi connectivity index (χ2n) is 6.80. The van der Waals surface area contributed by atoms with Gasteiger partial charge >= 0.3 is 17.6 Å². The Kier molecular flexibility index (Phi) is 5.70. The molecule has 31 heavy (non-hydrogen) atoms. The van der Waals surface area contributed by atoms with Crippen LogP contribution >= 0.6 is 0 Å². The summed E-state index contributed by atoms with van der Waals surface area (Å²) in [7, 11) is 0. The van der Waals surface area contributed by atoms with Crippen molar-refractivity contribution in [1.82, 2.24) is 10.6 Å². The number of hydrogen-bond acceptors (Lipinski definition) is 6. The third-order valence-electron chi connectivity index (χ3n) is 4.76. The van der Waals surface area contributed by atoms with Gasteiger partial charge in [-0.25, -0.2) is 14.4 Å². The van der Waals surface area contributed by atoms with Crippen molar-refractivity contribution in [3.8, 4) is 5.75 Å². The molecule has 0 aliphatic carbocycles. The van der Waals surface area contributed by atoms with Gasteiger partial charge in [-0.2, -0.15) is 0 Å². The van der Waals surface area contributed by atoms with Crippen LogP contribution in [0.3, 0.4) is 0 Å². The van der Waals surface area contributed by atoms with Crippen molar-refractivity contribution in [1.29, 1.82) is 0 Å². The molecule has 1 atom stereocenters. The van der Waals surface area contributed by atoms with Crippen LogP contribution < -0.4 is 21.0 Å². The van der Waals surface area contributed by atoms with Crippen LogP contribution in [-0.2, 0) is 9.53 Å². The fourth-order valence-electron chi connectivity index (χ4n) is 3.36. The van der Waals surface area contributed by atoms with E-state index in [2.05, 4.69) is 10.6 Å². The van der Waals surface area contributed by atoms with Crippen molar-refractivity contribution in [3.05, 3.63) is 87.9 Å². The Hall–Kier alpha value is -4.07. The van der Waals surface area contributed by atoms with E-state index in [1.165, 1.54) is 6.07 Å². The highest BCUT2D eigenvalue weighted by Crippen LogP contribution is 2.28. The number of hydrogen-bond donors (Lipinski definition) is 2. The van der Waals surface area contributed by atoms with E-state index in [9.17, 15) is 14.4 Å². The highest BCUT2D eigenvalue weighted by molar-refractivity contribution is 5.95. The van der Waals surface area contributed by atoms with Gasteiger partial charge in [0.1, 0.15) is 17.9 Å². The zero-order valence-electron chi connectivity index (χ0n) is 16.7. The van der Waals surface area contributed by atoms with E-state index < -0.39 is 23.7 Å². The number of carbonyl (C=O) groups excluding carboxylic acids is 2. The van der Waals surface area contributed by atoms with Crippen molar-refractivity contribution in [2.45, 2.75) is 13.0 Å². The zero-order valence-corrected chi connectivity index (χ0v) is 16.7. The molecule has 0 radical (unpaired) electrons. The van der Waals surface area contributed by atoms with Gasteiger partial charge in [-0.3, -0.25) is 0 Å². The van der Waals surface area contributed by atoms with Crippen LogP contribution in [0, 0.1) is 0 Å². The van der Waals surface area contributed by atoms with Gasteiger partial charge in [-0.05, 0) is 30.7 Å². The summed E-state index contributed by atoms with van der Waals surface area (Å²) >= 11 is 0. The molecule has 0 fully saturated rings. The number of amides is 2. The highest BCUT2D eigenvalue weighted by atomic mass is 16.5. The number of carbonyl (C=O) groups is 2. The van der Waals surface area contributed by atoms with E-state index in [0.717, 1.165) is 10.9 Å². The second kappa shape index (κ2) is 8.74. The van der Waals surface area contributed by atoms with Crippen LogP contribution in [0.15, 0.2) is 81.1 Å². The Morgan fingerprint density at radius 1 is 1.06 bits per heavy atom. The molecule has 2 amide bonds. The quantitative estimate of drug-likeness (QED) is 0.469. The Morgan fingerprint density at radius 2 is 1.84 bits per heavy atom. The largest absolute Gasteiger partial charge is 0.487 e. The predicted octanol–water partition coefficient (Wildman–Crippen LogP) is 3.04. The number of esters is 1. The lowest BCUT2D eigenvalue weighted by Gasteiger charge is -2.29. The van der Waals surface area contributed by atoms with Gasteiger partial charge in [-0.15, -0.1) is 0 Å². The maximum Gasteiger partial charge on any atom is 0.338 e. The Bertz CT molecular complexity index is 1220. The third-order valence-corrected chi connectivity index (χ3v) is 4.76. The number of fused-ring (bicyclic) bond motifs is 1. The van der Waals surface area contributed by atoms with Crippen LogP contribution in [0.5, 0.6) is 5.75 Å². The first kappa shape index (κ1) is 20.2. The van der Waals surface area contributed by atoms with Crippen LogP contribution in [-0.4, -0.2) is 25.2 Å². The molecule has 4 rings (SSSR count). The lowest BCUT2D eigenvalue weighted by molar-refractivity contribution is -0.139. The first-order valence-electron chi connectivity index (χ1n) is 9.74. The van der Waals surface area contributed by atoms with Gasteiger partial charge in [0.2, 0.25) is 0 Å². The molecule has 1 aliphatic rings. The van der Waals surface area contributed by atoms with Gasteiger partial charge < -0.3 is 24.5 Å². The summed E-state index contributed by atoms with van der Waals surface area (Å²) in [5, 5.41) is 6.17. The van der Waals surface area contributed by atoms with Crippen LogP contribution in [0.1, 0.15) is 18.5 Å². The van der Waals surface area contributed by atoms with Crippen molar-refractivity contribution >= 4 is 23.0 Å². The third kappa shape index (κ3) is 4.42. The maximum absolute atomic E-state index is 12.7. The van der Waals surface area contributed by atoms with E-state index in [1.807, 2.05) is 30.3 Å². The summed E-state index contributed by atoms with van der Waals surface area (Å²) < 4.78 is 16.2. The van der Waals surface area contributed by atoms with E-state index in [1.54, 1.807) is 31.2 Å². The Morgan fingerprint density at radius 3 is 2.61 bits per heavy atom. The minimum atomic E-state index is -0.678. The number of benzene rings is 2. The zero-order chi connectivity index (χ0) is 21.8. The number of rotatable bonds is 6. The van der Waals surface area contributed by atoms with E-state index in [0.29, 0.717) is 17.0 Å². The summed E-state index contributed by atoms with van der Waals surface area (Å²) in [4.78, 5) is 36.5. The average Bonchev–Trinajstić information content (AvgIpc) is 2.77. The molecule has 2 aromatic carbocycles. The number of nitrogens with one attached hydrogen (secondary N) is 2. The van der Waals surface area contributed by atoms with E-state index in [4.69, 9.17) is 13.9 Å².